The van der Waals surface area contributed by atoms with Crippen LogP contribution in [-0.2, 0) is 7.05 Å². The molecule has 0 spiro atoms. The van der Waals surface area contributed by atoms with E-state index in [9.17, 15) is 0 Å². The Kier molecular flexibility index (Phi) is 5.15. The number of thiazole rings is 1. The van der Waals surface area contributed by atoms with Crippen LogP contribution in [0.25, 0.3) is 70.9 Å². The predicted octanol–water partition coefficient (Wildman–Crippen LogP) is 8.52. The molecule has 190 valence electrons. The summed E-state index contributed by atoms with van der Waals surface area (Å²) >= 11 is 1.72. The summed E-state index contributed by atoms with van der Waals surface area (Å²) in [5.41, 5.74) is 8.67. The summed E-state index contributed by atoms with van der Waals surface area (Å²) in [5.74, 6) is 0.940. The van der Waals surface area contributed by atoms with Gasteiger partial charge in [0.15, 0.2) is 0 Å². The fourth-order valence-corrected chi connectivity index (χ4v) is 6.50. The normalized spacial score (nSPS) is 11.6. The zero-order valence-corrected chi connectivity index (χ0v) is 22.5. The monoisotopic (exact) mass is 533 g/mol. The van der Waals surface area contributed by atoms with Crippen LogP contribution in [0.3, 0.4) is 0 Å². The number of imidazole rings is 1. The number of rotatable bonds is 4. The summed E-state index contributed by atoms with van der Waals surface area (Å²) in [6.07, 6.45) is 5.63. The maximum atomic E-state index is 5.06. The Morgan fingerprint density at radius 3 is 2.40 bits per heavy atom. The van der Waals surface area contributed by atoms with Crippen molar-refractivity contribution in [1.82, 2.24) is 24.1 Å². The predicted molar refractivity (Wildman–Crippen MR) is 165 cm³/mol. The van der Waals surface area contributed by atoms with Gasteiger partial charge in [-0.1, -0.05) is 48.5 Å². The SMILES string of the molecule is Cn1ccnc1-c1ccc2sc(-c3ccc4c5ccccc5n(-c5cccc(-c6ccccn6)c5)c4c3)nc2c1. The maximum Gasteiger partial charge on any atom is 0.139 e. The third-order valence-electron chi connectivity index (χ3n) is 7.45. The molecule has 4 heterocycles. The maximum absolute atomic E-state index is 5.06. The lowest BCUT2D eigenvalue weighted by Crippen LogP contribution is -1.95. The first-order chi connectivity index (χ1) is 19.7. The summed E-state index contributed by atoms with van der Waals surface area (Å²) in [5, 5.41) is 3.46. The molecule has 8 rings (SSSR count). The lowest BCUT2D eigenvalue weighted by atomic mass is 10.1. The molecule has 0 amide bonds. The average Bonchev–Trinajstić information content (AvgIpc) is 3.72. The largest absolute Gasteiger partial charge is 0.334 e. The van der Waals surface area contributed by atoms with E-state index in [1.54, 1.807) is 11.3 Å². The minimum atomic E-state index is 0.940. The number of hydrogen-bond acceptors (Lipinski definition) is 4. The van der Waals surface area contributed by atoms with Gasteiger partial charge in [-0.3, -0.25) is 4.98 Å². The topological polar surface area (TPSA) is 48.5 Å². The molecular weight excluding hydrogens is 510 g/mol. The van der Waals surface area contributed by atoms with Crippen molar-refractivity contribution in [1.29, 1.82) is 0 Å². The highest BCUT2D eigenvalue weighted by molar-refractivity contribution is 7.21. The molecule has 0 bridgehead atoms. The Labute approximate surface area is 234 Å². The van der Waals surface area contributed by atoms with E-state index in [2.05, 4.69) is 106 Å². The number of fused-ring (bicyclic) bond motifs is 4. The van der Waals surface area contributed by atoms with Gasteiger partial charge in [-0.05, 0) is 54.6 Å². The summed E-state index contributed by atoms with van der Waals surface area (Å²) < 4.78 is 5.55. The second kappa shape index (κ2) is 9.00. The second-order valence-electron chi connectivity index (χ2n) is 9.91. The van der Waals surface area contributed by atoms with Crippen LogP contribution in [0.1, 0.15) is 0 Å². The molecule has 0 aliphatic rings. The fraction of sp³-hybridized carbons (Fsp3) is 0.0294. The van der Waals surface area contributed by atoms with E-state index in [1.165, 1.54) is 16.3 Å². The smallest absolute Gasteiger partial charge is 0.139 e. The van der Waals surface area contributed by atoms with E-state index in [-0.39, 0.29) is 0 Å². The number of aryl methyl sites for hydroxylation is 1. The first-order valence-corrected chi connectivity index (χ1v) is 14.0. The van der Waals surface area contributed by atoms with Crippen LogP contribution in [0, 0.1) is 0 Å². The molecule has 0 unspecified atom stereocenters. The molecule has 0 aliphatic carbocycles. The average molecular weight is 534 g/mol. The Hall–Kier alpha value is -5.07. The number of pyridine rings is 1. The minimum Gasteiger partial charge on any atom is -0.334 e. The Balaban J connectivity index is 1.30. The van der Waals surface area contributed by atoms with Gasteiger partial charge in [0.25, 0.3) is 0 Å². The van der Waals surface area contributed by atoms with Crippen LogP contribution < -0.4 is 0 Å². The van der Waals surface area contributed by atoms with Gasteiger partial charge in [-0.2, -0.15) is 0 Å². The van der Waals surface area contributed by atoms with Crippen molar-refractivity contribution in [3.63, 3.8) is 0 Å². The third-order valence-corrected chi connectivity index (χ3v) is 8.54. The Morgan fingerprint density at radius 2 is 1.52 bits per heavy atom. The van der Waals surface area contributed by atoms with Crippen LogP contribution in [0.5, 0.6) is 0 Å². The van der Waals surface area contributed by atoms with Gasteiger partial charge in [0.05, 0.1) is 26.9 Å². The number of aromatic nitrogens is 5. The summed E-state index contributed by atoms with van der Waals surface area (Å²) in [7, 11) is 2.01. The lowest BCUT2D eigenvalue weighted by molar-refractivity contribution is 0.925. The first kappa shape index (κ1) is 22.9. The number of benzene rings is 4. The molecule has 40 heavy (non-hydrogen) atoms. The van der Waals surface area contributed by atoms with Crippen molar-refractivity contribution in [3.05, 3.63) is 122 Å². The van der Waals surface area contributed by atoms with Gasteiger partial charge in [-0.25, -0.2) is 9.97 Å². The van der Waals surface area contributed by atoms with E-state index < -0.39 is 0 Å². The number of para-hydroxylation sites is 1. The zero-order chi connectivity index (χ0) is 26.6. The fourth-order valence-electron chi connectivity index (χ4n) is 5.55. The Morgan fingerprint density at radius 1 is 0.650 bits per heavy atom. The van der Waals surface area contributed by atoms with Crippen LogP contribution in [0.15, 0.2) is 122 Å². The van der Waals surface area contributed by atoms with Crippen molar-refractivity contribution in [2.75, 3.05) is 0 Å². The quantitative estimate of drug-likeness (QED) is 0.228. The van der Waals surface area contributed by atoms with Crippen molar-refractivity contribution in [3.8, 4) is 38.9 Å². The highest BCUT2D eigenvalue weighted by atomic mass is 32.1. The molecule has 0 saturated carbocycles. The van der Waals surface area contributed by atoms with E-state index in [1.807, 2.05) is 42.3 Å². The molecule has 4 aromatic carbocycles. The van der Waals surface area contributed by atoms with Crippen LogP contribution >= 0.6 is 11.3 Å². The first-order valence-electron chi connectivity index (χ1n) is 13.2. The van der Waals surface area contributed by atoms with Crippen molar-refractivity contribution >= 4 is 43.4 Å². The molecule has 0 radical (unpaired) electrons. The molecule has 0 aliphatic heterocycles. The summed E-state index contributed by atoms with van der Waals surface area (Å²) in [6.45, 7) is 0. The van der Waals surface area contributed by atoms with Crippen LogP contribution in [0.2, 0.25) is 0 Å². The highest BCUT2D eigenvalue weighted by Gasteiger charge is 2.16. The van der Waals surface area contributed by atoms with Gasteiger partial charge in [0.1, 0.15) is 10.8 Å². The zero-order valence-electron chi connectivity index (χ0n) is 21.7. The molecule has 0 fully saturated rings. The van der Waals surface area contributed by atoms with Crippen molar-refractivity contribution in [2.24, 2.45) is 7.05 Å². The van der Waals surface area contributed by atoms with E-state index in [4.69, 9.17) is 4.98 Å². The molecule has 6 heteroatoms. The van der Waals surface area contributed by atoms with Gasteiger partial charge in [0.2, 0.25) is 0 Å². The minimum absolute atomic E-state index is 0.940. The Bertz CT molecular complexity index is 2190. The standard InChI is InChI=1S/C34H23N5S/c1-38-18-17-36-33(38)23-13-15-32-29(20-23)37-34(40-32)24-12-14-27-26-9-2-3-11-30(26)39(31(27)21-24)25-8-6-7-22(19-25)28-10-4-5-16-35-28/h2-21H,1H3. The molecule has 0 N–H and O–H groups in total. The number of nitrogens with zero attached hydrogens (tertiary/aromatic N) is 5. The third kappa shape index (κ3) is 3.65. The summed E-state index contributed by atoms with van der Waals surface area (Å²) in [6, 6.07) is 36.4. The van der Waals surface area contributed by atoms with Gasteiger partial charge in [0, 0.05) is 58.8 Å². The molecule has 0 atom stereocenters. The molecule has 8 aromatic rings. The molecule has 0 saturated heterocycles. The van der Waals surface area contributed by atoms with E-state index in [0.29, 0.717) is 0 Å². The highest BCUT2D eigenvalue weighted by Crippen LogP contribution is 2.38. The van der Waals surface area contributed by atoms with Crippen LogP contribution in [0.4, 0.5) is 0 Å². The van der Waals surface area contributed by atoms with Gasteiger partial charge < -0.3 is 9.13 Å². The number of hydrogen-bond donors (Lipinski definition) is 0. The molecular formula is C34H23N5S. The van der Waals surface area contributed by atoms with Crippen LogP contribution in [-0.4, -0.2) is 24.1 Å². The van der Waals surface area contributed by atoms with E-state index >= 15 is 0 Å². The lowest BCUT2D eigenvalue weighted by Gasteiger charge is -2.10. The van der Waals surface area contributed by atoms with Crippen molar-refractivity contribution < 1.29 is 0 Å². The van der Waals surface area contributed by atoms with Gasteiger partial charge in [-0.15, -0.1) is 11.3 Å². The van der Waals surface area contributed by atoms with Gasteiger partial charge >= 0.3 is 0 Å². The van der Waals surface area contributed by atoms with Crippen molar-refractivity contribution in [2.45, 2.75) is 0 Å². The second-order valence-corrected chi connectivity index (χ2v) is 10.9. The molecule has 5 nitrogen and oxygen atoms in total. The summed E-state index contributed by atoms with van der Waals surface area (Å²) in [4.78, 5) is 14.1. The van der Waals surface area contributed by atoms with E-state index in [0.717, 1.165) is 54.6 Å². The molecule has 4 aromatic heterocycles.